The highest BCUT2D eigenvalue weighted by Gasteiger charge is 2.27. The van der Waals surface area contributed by atoms with E-state index in [1.807, 2.05) is 42.6 Å². The predicted octanol–water partition coefficient (Wildman–Crippen LogP) is 1.81. The molecule has 1 N–H and O–H groups in total. The van der Waals surface area contributed by atoms with Crippen molar-refractivity contribution in [3.63, 3.8) is 0 Å². The minimum absolute atomic E-state index is 0.0170. The summed E-state index contributed by atoms with van der Waals surface area (Å²) in [6, 6.07) is 12.0. The van der Waals surface area contributed by atoms with Gasteiger partial charge in [-0.05, 0) is 18.9 Å². The van der Waals surface area contributed by atoms with Gasteiger partial charge < -0.3 is 14.7 Å². The summed E-state index contributed by atoms with van der Waals surface area (Å²) in [5.74, 6) is 1.73. The molecule has 2 aliphatic rings. The summed E-state index contributed by atoms with van der Waals surface area (Å²) in [5, 5.41) is 10.3. The number of rotatable bonds is 5. The molecule has 2 aliphatic heterocycles. The topological polar surface area (TPSA) is 61.7 Å². The molecule has 3 heterocycles. The third-order valence-electron chi connectivity index (χ3n) is 5.21. The molecule has 0 saturated carbocycles. The number of hydrogen-bond donors (Lipinski definition) is 1. The van der Waals surface area contributed by atoms with Gasteiger partial charge in [0.15, 0.2) is 5.82 Å². The first-order valence-corrected chi connectivity index (χ1v) is 9.45. The van der Waals surface area contributed by atoms with Gasteiger partial charge in [-0.1, -0.05) is 30.3 Å². The maximum absolute atomic E-state index is 10.3. The van der Waals surface area contributed by atoms with Crippen molar-refractivity contribution < 1.29 is 9.84 Å². The van der Waals surface area contributed by atoms with E-state index >= 15 is 0 Å². The molecule has 0 spiro atoms. The van der Waals surface area contributed by atoms with Crippen molar-refractivity contribution in [1.82, 2.24) is 14.9 Å². The van der Waals surface area contributed by atoms with Crippen molar-refractivity contribution in [2.75, 3.05) is 44.2 Å². The summed E-state index contributed by atoms with van der Waals surface area (Å²) in [4.78, 5) is 13.8. The Kier molecular flexibility index (Phi) is 5.43. The second-order valence-electron chi connectivity index (χ2n) is 7.01. The van der Waals surface area contributed by atoms with Crippen molar-refractivity contribution in [2.45, 2.75) is 25.0 Å². The zero-order chi connectivity index (χ0) is 17.8. The van der Waals surface area contributed by atoms with E-state index in [1.165, 1.54) is 0 Å². The van der Waals surface area contributed by atoms with Crippen molar-refractivity contribution in [3.8, 4) is 11.4 Å². The van der Waals surface area contributed by atoms with Crippen molar-refractivity contribution in [1.29, 1.82) is 0 Å². The van der Waals surface area contributed by atoms with Crippen LogP contribution in [0, 0.1) is 0 Å². The van der Waals surface area contributed by atoms with Gasteiger partial charge in [-0.3, -0.25) is 4.90 Å². The van der Waals surface area contributed by atoms with Crippen LogP contribution in [0.15, 0.2) is 42.6 Å². The highest BCUT2D eigenvalue weighted by Crippen LogP contribution is 2.20. The molecule has 2 atom stereocenters. The average molecular weight is 354 g/mol. The first kappa shape index (κ1) is 17.4. The number of aliphatic hydroxyl groups is 1. The van der Waals surface area contributed by atoms with E-state index in [4.69, 9.17) is 9.72 Å². The number of nitrogens with zero attached hydrogens (tertiary/aromatic N) is 4. The molecule has 6 nitrogen and oxygen atoms in total. The lowest BCUT2D eigenvalue weighted by Crippen LogP contribution is -2.50. The van der Waals surface area contributed by atoms with Gasteiger partial charge in [0.25, 0.3) is 0 Å². The van der Waals surface area contributed by atoms with E-state index in [0.717, 1.165) is 62.8 Å². The van der Waals surface area contributed by atoms with E-state index in [0.29, 0.717) is 6.54 Å². The molecule has 26 heavy (non-hydrogen) atoms. The van der Waals surface area contributed by atoms with Crippen molar-refractivity contribution >= 4 is 5.82 Å². The monoisotopic (exact) mass is 354 g/mol. The molecular formula is C20H26N4O2. The fourth-order valence-electron chi connectivity index (χ4n) is 3.70. The first-order valence-electron chi connectivity index (χ1n) is 9.45. The summed E-state index contributed by atoms with van der Waals surface area (Å²) in [6.45, 7) is 5.14. The van der Waals surface area contributed by atoms with Crippen molar-refractivity contribution in [3.05, 3.63) is 42.6 Å². The zero-order valence-electron chi connectivity index (χ0n) is 15.0. The molecule has 2 aromatic rings. The van der Waals surface area contributed by atoms with Gasteiger partial charge in [0.2, 0.25) is 0 Å². The molecule has 0 bridgehead atoms. The number of piperazine rings is 1. The second kappa shape index (κ2) is 8.12. The second-order valence-corrected chi connectivity index (χ2v) is 7.01. The number of β-amino-alcohol motifs (C(OH)–C–C–N with tert-alkyl or cyclic N) is 1. The minimum Gasteiger partial charge on any atom is -0.389 e. The largest absolute Gasteiger partial charge is 0.389 e. The fraction of sp³-hybridized carbons (Fsp3) is 0.500. The molecular weight excluding hydrogens is 328 g/mol. The maximum atomic E-state index is 10.3. The lowest BCUT2D eigenvalue weighted by molar-refractivity contribution is -0.0190. The van der Waals surface area contributed by atoms with Gasteiger partial charge in [-0.15, -0.1) is 0 Å². The Labute approximate surface area is 154 Å². The molecule has 2 fully saturated rings. The summed E-state index contributed by atoms with van der Waals surface area (Å²) in [5.41, 5.74) is 1.03. The van der Waals surface area contributed by atoms with Gasteiger partial charge in [0, 0.05) is 51.1 Å². The Bertz CT molecular complexity index is 698. The summed E-state index contributed by atoms with van der Waals surface area (Å²) in [7, 11) is 0. The van der Waals surface area contributed by atoms with Gasteiger partial charge in [0.1, 0.15) is 5.82 Å². The molecule has 2 saturated heterocycles. The number of hydrogen-bond acceptors (Lipinski definition) is 6. The van der Waals surface area contributed by atoms with Crippen LogP contribution in [0.25, 0.3) is 11.4 Å². The minimum atomic E-state index is -0.382. The van der Waals surface area contributed by atoms with Crippen LogP contribution in [0.1, 0.15) is 12.8 Å². The van der Waals surface area contributed by atoms with Crippen LogP contribution < -0.4 is 4.90 Å². The SMILES string of the molecule is O[C@H](CN1CCN(c2ccnc(-c3ccccc3)n2)CC1)[C@@H]1CCCO1. The highest BCUT2D eigenvalue weighted by molar-refractivity contribution is 5.57. The van der Waals surface area contributed by atoms with Crippen LogP contribution in [0.3, 0.4) is 0 Å². The molecule has 1 aromatic carbocycles. The van der Waals surface area contributed by atoms with Crippen LogP contribution in [0.2, 0.25) is 0 Å². The van der Waals surface area contributed by atoms with Crippen LogP contribution >= 0.6 is 0 Å². The Hall–Kier alpha value is -2.02. The third-order valence-corrected chi connectivity index (χ3v) is 5.21. The summed E-state index contributed by atoms with van der Waals surface area (Å²) < 4.78 is 5.60. The summed E-state index contributed by atoms with van der Waals surface area (Å²) in [6.07, 6.45) is 3.51. The van der Waals surface area contributed by atoms with Crippen LogP contribution in [-0.2, 0) is 4.74 Å². The zero-order valence-corrected chi connectivity index (χ0v) is 15.0. The summed E-state index contributed by atoms with van der Waals surface area (Å²) >= 11 is 0. The maximum Gasteiger partial charge on any atom is 0.161 e. The quantitative estimate of drug-likeness (QED) is 0.884. The lowest BCUT2D eigenvalue weighted by atomic mass is 10.1. The van der Waals surface area contributed by atoms with Gasteiger partial charge in [-0.25, -0.2) is 9.97 Å². The molecule has 0 unspecified atom stereocenters. The molecule has 0 aliphatic carbocycles. The Morgan fingerprint density at radius 2 is 1.92 bits per heavy atom. The van der Waals surface area contributed by atoms with Gasteiger partial charge in [-0.2, -0.15) is 0 Å². The first-order chi connectivity index (χ1) is 12.8. The predicted molar refractivity (Wildman–Crippen MR) is 101 cm³/mol. The molecule has 1 aromatic heterocycles. The van der Waals surface area contributed by atoms with E-state index in [1.54, 1.807) is 0 Å². The number of aromatic nitrogens is 2. The normalized spacial score (nSPS) is 22.5. The van der Waals surface area contributed by atoms with E-state index in [2.05, 4.69) is 14.8 Å². The Morgan fingerprint density at radius 3 is 2.65 bits per heavy atom. The number of anilines is 1. The standard InChI is InChI=1S/C20H26N4O2/c25-17(18-7-4-14-26-18)15-23-10-12-24(13-11-23)19-8-9-21-20(22-19)16-5-2-1-3-6-16/h1-3,5-6,8-9,17-18,25H,4,7,10-15H2/t17-,18+/m1/s1. The number of ether oxygens (including phenoxy) is 1. The number of aliphatic hydroxyl groups excluding tert-OH is 1. The molecule has 0 radical (unpaired) electrons. The number of benzene rings is 1. The lowest BCUT2D eigenvalue weighted by Gasteiger charge is -2.36. The van der Waals surface area contributed by atoms with Crippen molar-refractivity contribution in [2.24, 2.45) is 0 Å². The Balaban J connectivity index is 1.34. The Morgan fingerprint density at radius 1 is 1.12 bits per heavy atom. The molecule has 138 valence electrons. The average Bonchev–Trinajstić information content (AvgIpc) is 3.24. The van der Waals surface area contributed by atoms with E-state index < -0.39 is 0 Å². The molecule has 0 amide bonds. The molecule has 6 heteroatoms. The van der Waals surface area contributed by atoms with Gasteiger partial charge >= 0.3 is 0 Å². The van der Waals surface area contributed by atoms with E-state index in [9.17, 15) is 5.11 Å². The van der Waals surface area contributed by atoms with Crippen LogP contribution in [0.5, 0.6) is 0 Å². The molecule has 4 rings (SSSR count). The fourth-order valence-corrected chi connectivity index (χ4v) is 3.70. The van der Waals surface area contributed by atoms with Crippen LogP contribution in [-0.4, -0.2) is 71.5 Å². The van der Waals surface area contributed by atoms with Gasteiger partial charge in [0.05, 0.1) is 12.2 Å². The third kappa shape index (κ3) is 4.03. The van der Waals surface area contributed by atoms with E-state index in [-0.39, 0.29) is 12.2 Å². The highest BCUT2D eigenvalue weighted by atomic mass is 16.5. The smallest absolute Gasteiger partial charge is 0.161 e. The van der Waals surface area contributed by atoms with Crippen LogP contribution in [0.4, 0.5) is 5.82 Å².